The summed E-state index contributed by atoms with van der Waals surface area (Å²) in [7, 11) is 0. The molecule has 0 amide bonds. The van der Waals surface area contributed by atoms with Crippen LogP contribution in [0.1, 0.15) is 24.3 Å². The summed E-state index contributed by atoms with van der Waals surface area (Å²) in [5.74, 6) is 0.491. The van der Waals surface area contributed by atoms with Gasteiger partial charge in [0.15, 0.2) is 0 Å². The van der Waals surface area contributed by atoms with E-state index in [1.807, 2.05) is 6.07 Å². The number of benzene rings is 1. The van der Waals surface area contributed by atoms with Gasteiger partial charge in [-0.1, -0.05) is 6.07 Å². The summed E-state index contributed by atoms with van der Waals surface area (Å²) in [6.07, 6.45) is 2.50. The highest BCUT2D eigenvalue weighted by Crippen LogP contribution is 2.39. The van der Waals surface area contributed by atoms with Crippen LogP contribution >= 0.6 is 0 Å². The molecule has 1 aliphatic carbocycles. The molecule has 0 aliphatic heterocycles. The first-order valence-electron chi connectivity index (χ1n) is 3.53. The molecule has 1 aliphatic rings. The van der Waals surface area contributed by atoms with Gasteiger partial charge in [0, 0.05) is 0 Å². The smallest absolute Gasteiger partial charge is 0.123 e. The third kappa shape index (κ3) is 1.04. The van der Waals surface area contributed by atoms with E-state index in [1.165, 1.54) is 30.5 Å². The van der Waals surface area contributed by atoms with Crippen molar-refractivity contribution < 1.29 is 4.39 Å². The molecule has 1 fully saturated rings. The van der Waals surface area contributed by atoms with Crippen LogP contribution in [-0.2, 0) is 0 Å². The van der Waals surface area contributed by atoms with Gasteiger partial charge < -0.3 is 0 Å². The van der Waals surface area contributed by atoms with Crippen molar-refractivity contribution in [3.05, 3.63) is 35.6 Å². The van der Waals surface area contributed by atoms with Gasteiger partial charge in [-0.05, 0) is 42.5 Å². The Hall–Kier alpha value is -0.850. The van der Waals surface area contributed by atoms with Crippen molar-refractivity contribution in [1.82, 2.24) is 0 Å². The zero-order valence-corrected chi connectivity index (χ0v) is 5.60. The quantitative estimate of drug-likeness (QED) is 0.555. The lowest BCUT2D eigenvalue weighted by atomic mass is 10.1. The minimum atomic E-state index is -0.190. The van der Waals surface area contributed by atoms with Crippen LogP contribution in [0.5, 0.6) is 0 Å². The molecule has 0 nitrogen and oxygen atoms in total. The fourth-order valence-electron chi connectivity index (χ4n) is 1.07. The van der Waals surface area contributed by atoms with E-state index in [1.54, 1.807) is 0 Å². The SMILES string of the molecule is Fc1c[c]c(C2CC2)cc1. The third-order valence-electron chi connectivity index (χ3n) is 1.82. The van der Waals surface area contributed by atoms with E-state index in [0.717, 1.165) is 0 Å². The molecule has 1 radical (unpaired) electrons. The van der Waals surface area contributed by atoms with E-state index in [9.17, 15) is 4.39 Å². The average molecular weight is 135 g/mol. The largest absolute Gasteiger partial charge is 0.207 e. The molecule has 10 heavy (non-hydrogen) atoms. The maximum Gasteiger partial charge on any atom is 0.123 e. The summed E-state index contributed by atoms with van der Waals surface area (Å²) in [6, 6.07) is 7.66. The second-order valence-electron chi connectivity index (χ2n) is 2.74. The van der Waals surface area contributed by atoms with E-state index in [-0.39, 0.29) is 5.82 Å². The molecule has 0 saturated heterocycles. The van der Waals surface area contributed by atoms with Crippen LogP contribution in [0.25, 0.3) is 0 Å². The fraction of sp³-hybridized carbons (Fsp3) is 0.333. The summed E-state index contributed by atoms with van der Waals surface area (Å²) < 4.78 is 12.3. The molecule has 0 unspecified atom stereocenters. The van der Waals surface area contributed by atoms with Gasteiger partial charge in [-0.2, -0.15) is 0 Å². The first kappa shape index (κ1) is 5.90. The van der Waals surface area contributed by atoms with Crippen LogP contribution in [0.2, 0.25) is 0 Å². The van der Waals surface area contributed by atoms with E-state index >= 15 is 0 Å². The first-order chi connectivity index (χ1) is 4.86. The van der Waals surface area contributed by atoms with E-state index in [0.29, 0.717) is 5.92 Å². The standard InChI is InChI=1S/C9H8F/c10-9-5-3-8(4-6-9)7-1-2-7/h3,5-7H,1-2H2. The third-order valence-corrected chi connectivity index (χ3v) is 1.82. The molecule has 0 N–H and O–H groups in total. The normalized spacial score (nSPS) is 17.3. The Labute approximate surface area is 59.7 Å². The number of halogens is 1. The summed E-state index contributed by atoms with van der Waals surface area (Å²) in [4.78, 5) is 0. The van der Waals surface area contributed by atoms with Crippen molar-refractivity contribution in [3.63, 3.8) is 0 Å². The summed E-state index contributed by atoms with van der Waals surface area (Å²) in [5, 5.41) is 0. The highest BCUT2D eigenvalue weighted by molar-refractivity contribution is 5.22. The summed E-state index contributed by atoms with van der Waals surface area (Å²) in [6.45, 7) is 0. The average Bonchev–Trinajstić information content (AvgIpc) is 2.71. The van der Waals surface area contributed by atoms with E-state index in [2.05, 4.69) is 6.07 Å². The molecule has 1 aromatic carbocycles. The molecular weight excluding hydrogens is 127 g/mol. The zero-order chi connectivity index (χ0) is 6.97. The Morgan fingerprint density at radius 1 is 1.40 bits per heavy atom. The molecule has 0 heterocycles. The molecule has 1 aromatic rings. The Kier molecular flexibility index (Phi) is 1.23. The van der Waals surface area contributed by atoms with Gasteiger partial charge >= 0.3 is 0 Å². The monoisotopic (exact) mass is 135 g/mol. The van der Waals surface area contributed by atoms with Crippen LogP contribution < -0.4 is 0 Å². The van der Waals surface area contributed by atoms with Gasteiger partial charge in [0.2, 0.25) is 0 Å². The van der Waals surface area contributed by atoms with Gasteiger partial charge in [-0.25, -0.2) is 4.39 Å². The summed E-state index contributed by atoms with van der Waals surface area (Å²) in [5.41, 5.74) is 1.17. The Bertz CT molecular complexity index is 221. The number of rotatable bonds is 1. The van der Waals surface area contributed by atoms with Crippen LogP contribution in [0.4, 0.5) is 4.39 Å². The van der Waals surface area contributed by atoms with Crippen molar-refractivity contribution in [2.24, 2.45) is 0 Å². The Morgan fingerprint density at radius 3 is 2.70 bits per heavy atom. The van der Waals surface area contributed by atoms with Crippen molar-refractivity contribution in [2.75, 3.05) is 0 Å². The molecule has 0 spiro atoms. The lowest BCUT2D eigenvalue weighted by molar-refractivity contribution is 0.626. The van der Waals surface area contributed by atoms with Crippen molar-refractivity contribution in [2.45, 2.75) is 18.8 Å². The molecular formula is C9H8F. The molecule has 2 rings (SSSR count). The minimum absolute atomic E-state index is 0.190. The first-order valence-corrected chi connectivity index (χ1v) is 3.53. The van der Waals surface area contributed by atoms with Gasteiger partial charge in [0.25, 0.3) is 0 Å². The van der Waals surface area contributed by atoms with E-state index < -0.39 is 0 Å². The number of hydrogen-bond acceptors (Lipinski definition) is 0. The van der Waals surface area contributed by atoms with Crippen LogP contribution in [0, 0.1) is 11.9 Å². The molecule has 0 aromatic heterocycles. The van der Waals surface area contributed by atoms with Crippen molar-refractivity contribution in [1.29, 1.82) is 0 Å². The fourth-order valence-corrected chi connectivity index (χ4v) is 1.07. The van der Waals surface area contributed by atoms with Crippen LogP contribution in [0.15, 0.2) is 18.2 Å². The molecule has 1 saturated carbocycles. The van der Waals surface area contributed by atoms with Gasteiger partial charge in [-0.3, -0.25) is 0 Å². The maximum absolute atomic E-state index is 12.3. The lowest BCUT2D eigenvalue weighted by Crippen LogP contribution is -1.79. The minimum Gasteiger partial charge on any atom is -0.207 e. The molecule has 0 atom stereocenters. The molecule has 1 heteroatoms. The highest BCUT2D eigenvalue weighted by Gasteiger charge is 2.23. The predicted molar refractivity (Wildman–Crippen MR) is 37.2 cm³/mol. The maximum atomic E-state index is 12.3. The number of hydrogen-bond donors (Lipinski definition) is 0. The van der Waals surface area contributed by atoms with E-state index in [4.69, 9.17) is 0 Å². The molecule has 51 valence electrons. The predicted octanol–water partition coefficient (Wildman–Crippen LogP) is 2.50. The Balaban J connectivity index is 2.28. The highest BCUT2D eigenvalue weighted by atomic mass is 19.1. The van der Waals surface area contributed by atoms with Crippen molar-refractivity contribution in [3.8, 4) is 0 Å². The second-order valence-corrected chi connectivity index (χ2v) is 2.74. The second kappa shape index (κ2) is 2.08. The zero-order valence-electron chi connectivity index (χ0n) is 5.60. The Morgan fingerprint density at radius 2 is 2.20 bits per heavy atom. The van der Waals surface area contributed by atoms with Gasteiger partial charge in [-0.15, -0.1) is 0 Å². The van der Waals surface area contributed by atoms with Gasteiger partial charge in [0.1, 0.15) is 5.82 Å². The summed E-state index contributed by atoms with van der Waals surface area (Å²) >= 11 is 0. The van der Waals surface area contributed by atoms with Crippen molar-refractivity contribution >= 4 is 0 Å². The van der Waals surface area contributed by atoms with Crippen LogP contribution in [-0.4, -0.2) is 0 Å². The topological polar surface area (TPSA) is 0 Å². The lowest BCUT2D eigenvalue weighted by Gasteiger charge is -1.93. The van der Waals surface area contributed by atoms with Crippen LogP contribution in [0.3, 0.4) is 0 Å². The van der Waals surface area contributed by atoms with Gasteiger partial charge in [0.05, 0.1) is 0 Å². The molecule has 0 bridgehead atoms.